The Balaban J connectivity index is 1.12. The first-order chi connectivity index (χ1) is 19.0. The number of rotatable bonds is 8. The molecule has 1 saturated heterocycles. The van der Waals surface area contributed by atoms with Gasteiger partial charge in [0.25, 0.3) is 0 Å². The molecule has 0 spiro atoms. The Hall–Kier alpha value is -3.00. The Bertz CT molecular complexity index is 1260. The van der Waals surface area contributed by atoms with Gasteiger partial charge in [0.1, 0.15) is 18.2 Å². The Kier molecular flexibility index (Phi) is 9.12. The van der Waals surface area contributed by atoms with Gasteiger partial charge < -0.3 is 9.64 Å². The van der Waals surface area contributed by atoms with Crippen molar-refractivity contribution in [3.63, 3.8) is 0 Å². The van der Waals surface area contributed by atoms with Crippen molar-refractivity contribution < 1.29 is 18.3 Å². The predicted molar refractivity (Wildman–Crippen MR) is 151 cm³/mol. The van der Waals surface area contributed by atoms with E-state index in [4.69, 9.17) is 16.3 Å². The maximum Gasteiger partial charge on any atom is 0.339 e. The minimum absolute atomic E-state index is 0.127. The summed E-state index contributed by atoms with van der Waals surface area (Å²) in [7, 11) is 0. The van der Waals surface area contributed by atoms with Gasteiger partial charge in [-0.2, -0.15) is 0 Å². The molecule has 8 heteroatoms. The van der Waals surface area contributed by atoms with Crippen molar-refractivity contribution >= 4 is 23.3 Å². The molecule has 1 atom stereocenters. The van der Waals surface area contributed by atoms with Crippen LogP contribution < -0.4 is 4.90 Å². The van der Waals surface area contributed by atoms with Crippen molar-refractivity contribution in [2.75, 3.05) is 63.9 Å². The van der Waals surface area contributed by atoms with Gasteiger partial charge in [0.05, 0.1) is 10.6 Å². The first-order valence-corrected chi connectivity index (χ1v) is 14.0. The van der Waals surface area contributed by atoms with Crippen molar-refractivity contribution in [1.29, 1.82) is 0 Å². The lowest BCUT2D eigenvalue weighted by molar-refractivity contribution is 0.0424. The average Bonchev–Trinajstić information content (AvgIpc) is 3.12. The molecule has 3 aromatic rings. The number of piperazine rings is 1. The van der Waals surface area contributed by atoms with Crippen LogP contribution in [0, 0.1) is 11.6 Å². The fourth-order valence-electron chi connectivity index (χ4n) is 5.59. The van der Waals surface area contributed by atoms with Crippen LogP contribution in [0.2, 0.25) is 5.02 Å². The van der Waals surface area contributed by atoms with Crippen LogP contribution >= 0.6 is 11.6 Å². The van der Waals surface area contributed by atoms with Crippen LogP contribution in [0.1, 0.15) is 40.2 Å². The van der Waals surface area contributed by atoms with Gasteiger partial charge in [-0.05, 0) is 60.4 Å². The van der Waals surface area contributed by atoms with E-state index in [2.05, 4.69) is 14.7 Å². The quantitative estimate of drug-likeness (QED) is 0.328. The third kappa shape index (κ3) is 6.96. The largest absolute Gasteiger partial charge is 0.461 e. The van der Waals surface area contributed by atoms with Gasteiger partial charge in [0.15, 0.2) is 0 Å². The second kappa shape index (κ2) is 12.9. The first kappa shape index (κ1) is 27.6. The molecule has 3 aromatic carbocycles. The summed E-state index contributed by atoms with van der Waals surface area (Å²) in [6.07, 6.45) is 1.93. The van der Waals surface area contributed by atoms with E-state index in [1.165, 1.54) is 18.2 Å². The number of carbonyl (C=O) groups is 1. The summed E-state index contributed by atoms with van der Waals surface area (Å²) in [6, 6.07) is 18.7. The van der Waals surface area contributed by atoms with Crippen molar-refractivity contribution in [2.45, 2.75) is 18.8 Å². The summed E-state index contributed by atoms with van der Waals surface area (Å²) in [5, 5.41) is 0.400. The third-order valence-corrected chi connectivity index (χ3v) is 8.12. The topological polar surface area (TPSA) is 36.0 Å². The van der Waals surface area contributed by atoms with Crippen LogP contribution in [0.15, 0.2) is 66.7 Å². The van der Waals surface area contributed by atoms with E-state index in [0.29, 0.717) is 23.7 Å². The second-order valence-corrected chi connectivity index (χ2v) is 10.6. The first-order valence-electron chi connectivity index (χ1n) is 13.6. The predicted octanol–water partition coefficient (Wildman–Crippen LogP) is 5.82. The molecule has 2 aliphatic rings. The molecule has 39 heavy (non-hydrogen) atoms. The van der Waals surface area contributed by atoms with Gasteiger partial charge in [-0.1, -0.05) is 41.9 Å². The van der Waals surface area contributed by atoms with Crippen LogP contribution in [0.5, 0.6) is 0 Å². The number of fused-ring (bicyclic) bond motifs is 1. The van der Waals surface area contributed by atoms with E-state index in [1.54, 1.807) is 30.3 Å². The van der Waals surface area contributed by atoms with Crippen LogP contribution in [0.25, 0.3) is 0 Å². The van der Waals surface area contributed by atoms with E-state index in [-0.39, 0.29) is 17.6 Å². The number of benzene rings is 3. The summed E-state index contributed by atoms with van der Waals surface area (Å²) in [4.78, 5) is 19.3. The molecule has 1 fully saturated rings. The highest BCUT2D eigenvalue weighted by molar-refractivity contribution is 6.33. The number of hydrogen-bond acceptors (Lipinski definition) is 5. The van der Waals surface area contributed by atoms with Crippen molar-refractivity contribution in [3.05, 3.63) is 100 Å². The molecule has 0 aliphatic carbocycles. The monoisotopic (exact) mass is 553 g/mol. The van der Waals surface area contributed by atoms with Gasteiger partial charge in [0, 0.05) is 64.0 Å². The minimum atomic E-state index is -0.393. The smallest absolute Gasteiger partial charge is 0.339 e. The molecular formula is C31H34ClF2N3O2. The highest BCUT2D eigenvalue weighted by Gasteiger charge is 2.26. The molecule has 0 amide bonds. The maximum atomic E-state index is 14.4. The van der Waals surface area contributed by atoms with Gasteiger partial charge in [-0.3, -0.25) is 9.80 Å². The highest BCUT2D eigenvalue weighted by Crippen LogP contribution is 2.39. The van der Waals surface area contributed by atoms with Gasteiger partial charge in [-0.15, -0.1) is 0 Å². The van der Waals surface area contributed by atoms with E-state index >= 15 is 0 Å². The van der Waals surface area contributed by atoms with Gasteiger partial charge >= 0.3 is 5.97 Å². The number of nitrogens with zero attached hydrogens (tertiary/aromatic N) is 3. The summed E-state index contributed by atoms with van der Waals surface area (Å²) in [5.74, 6) is -0.745. The molecular weight excluding hydrogens is 520 g/mol. The molecule has 0 bridgehead atoms. The molecule has 5 nitrogen and oxygen atoms in total. The third-order valence-electron chi connectivity index (χ3n) is 7.79. The summed E-state index contributed by atoms with van der Waals surface area (Å²) >= 11 is 6.08. The zero-order valence-electron chi connectivity index (χ0n) is 22.0. The fourth-order valence-corrected chi connectivity index (χ4v) is 5.80. The molecule has 0 unspecified atom stereocenters. The lowest BCUT2D eigenvalue weighted by atomic mass is 9.87. The van der Waals surface area contributed by atoms with Crippen molar-refractivity contribution in [3.8, 4) is 0 Å². The Morgan fingerprint density at radius 2 is 1.54 bits per heavy atom. The lowest BCUT2D eigenvalue weighted by Crippen LogP contribution is -2.49. The van der Waals surface area contributed by atoms with Crippen LogP contribution in [0.3, 0.4) is 0 Å². The van der Waals surface area contributed by atoms with Crippen LogP contribution in [-0.2, 0) is 4.74 Å². The fraction of sp³-hybridized carbons (Fsp3) is 0.387. The normalized spacial score (nSPS) is 18.4. The summed E-state index contributed by atoms with van der Waals surface area (Å²) in [5.41, 5.74) is 3.51. The molecule has 2 aliphatic heterocycles. The molecule has 0 aromatic heterocycles. The number of carbonyl (C=O) groups excluding carboxylic acids is 1. The molecule has 2 heterocycles. The van der Waals surface area contributed by atoms with Crippen LogP contribution in [-0.4, -0.2) is 74.7 Å². The van der Waals surface area contributed by atoms with Crippen molar-refractivity contribution in [2.24, 2.45) is 0 Å². The Labute approximate surface area is 233 Å². The SMILES string of the molecule is O=C(OCCN1CCN(CCN2CCC[C@H](c3ccc(F)cc3)c3ccc(F)cc32)CC1)c1ccccc1Cl. The molecule has 5 rings (SSSR count). The number of esters is 1. The van der Waals surface area contributed by atoms with E-state index in [9.17, 15) is 13.6 Å². The molecule has 206 valence electrons. The zero-order valence-corrected chi connectivity index (χ0v) is 22.8. The minimum Gasteiger partial charge on any atom is -0.461 e. The van der Waals surface area contributed by atoms with Crippen LogP contribution in [0.4, 0.5) is 14.5 Å². The Morgan fingerprint density at radius 1 is 0.846 bits per heavy atom. The van der Waals surface area contributed by atoms with E-state index in [0.717, 1.165) is 75.5 Å². The average molecular weight is 554 g/mol. The standard InChI is InChI=1S/C31H34ClF2N3O2/c32-29-6-2-1-4-28(29)31(38)39-21-20-36-16-14-35(15-17-36)18-19-37-13-3-5-26(23-7-9-24(33)10-8-23)27-12-11-25(34)22-30(27)37/h1-2,4,6-12,22,26H,3,5,13-21H2/t26-/m1/s1. The van der Waals surface area contributed by atoms with Gasteiger partial charge in [-0.25, -0.2) is 13.6 Å². The Morgan fingerprint density at radius 3 is 2.28 bits per heavy atom. The number of anilines is 1. The molecule has 0 N–H and O–H groups in total. The maximum absolute atomic E-state index is 14.4. The lowest BCUT2D eigenvalue weighted by Gasteiger charge is -2.36. The molecule has 0 saturated carbocycles. The summed E-state index contributed by atoms with van der Waals surface area (Å²) in [6.45, 7) is 7.27. The second-order valence-electron chi connectivity index (χ2n) is 10.2. The molecule has 0 radical (unpaired) electrons. The number of ether oxygens (including phenoxy) is 1. The van der Waals surface area contributed by atoms with E-state index in [1.807, 2.05) is 18.2 Å². The van der Waals surface area contributed by atoms with Gasteiger partial charge in [0.2, 0.25) is 0 Å². The number of hydrogen-bond donors (Lipinski definition) is 0. The van der Waals surface area contributed by atoms with E-state index < -0.39 is 5.97 Å². The summed E-state index contributed by atoms with van der Waals surface area (Å²) < 4.78 is 33.3. The zero-order chi connectivity index (χ0) is 27.2. The highest BCUT2D eigenvalue weighted by atomic mass is 35.5. The number of halogens is 3. The van der Waals surface area contributed by atoms with Crippen molar-refractivity contribution in [1.82, 2.24) is 9.80 Å².